The van der Waals surface area contributed by atoms with Crippen molar-refractivity contribution in [3.63, 3.8) is 0 Å². The number of carbonyl (C=O) groups excluding carboxylic acids is 1. The number of hydrogen-bond donors (Lipinski definition) is 1. The molecule has 2 atom stereocenters. The summed E-state index contributed by atoms with van der Waals surface area (Å²) in [5, 5.41) is 9.82. The van der Waals surface area contributed by atoms with Crippen molar-refractivity contribution in [1.29, 1.82) is 0 Å². The smallest absolute Gasteiger partial charge is 0.392 e. The van der Waals surface area contributed by atoms with Gasteiger partial charge in [-0.25, -0.2) is 0 Å². The first-order chi connectivity index (χ1) is 10.2. The molecule has 1 aromatic rings. The number of amides is 1. The summed E-state index contributed by atoms with van der Waals surface area (Å²) in [4.78, 5) is 15.0. The number of aliphatic hydroxyl groups excluding tert-OH is 1. The fourth-order valence-electron chi connectivity index (χ4n) is 2.64. The molecule has 1 amide bonds. The van der Waals surface area contributed by atoms with Crippen LogP contribution >= 0.6 is 0 Å². The van der Waals surface area contributed by atoms with Crippen molar-refractivity contribution in [2.45, 2.75) is 24.7 Å². The second kappa shape index (κ2) is 6.26. The van der Waals surface area contributed by atoms with Crippen LogP contribution in [0.2, 0.25) is 0 Å². The van der Waals surface area contributed by atoms with Gasteiger partial charge in [0.1, 0.15) is 0 Å². The number of likely N-dealkylation sites (tertiary alicyclic amines) is 1. The molecule has 0 radical (unpaired) electrons. The van der Waals surface area contributed by atoms with E-state index in [-0.39, 0.29) is 25.0 Å². The fraction of sp³-hybridized carbons (Fsp3) is 0.533. The summed E-state index contributed by atoms with van der Waals surface area (Å²) in [6, 6.07) is 4.68. The molecule has 1 N–H and O–H groups in total. The average Bonchev–Trinajstić information content (AvgIpc) is 2.78. The molecule has 122 valence electrons. The van der Waals surface area contributed by atoms with Gasteiger partial charge in [0, 0.05) is 26.7 Å². The maximum Gasteiger partial charge on any atom is 0.416 e. The van der Waals surface area contributed by atoms with Crippen LogP contribution in [0.3, 0.4) is 0 Å². The highest BCUT2D eigenvalue weighted by molar-refractivity contribution is 5.77. The zero-order chi connectivity index (χ0) is 16.5. The molecule has 0 bridgehead atoms. The van der Waals surface area contributed by atoms with Crippen molar-refractivity contribution in [2.24, 2.45) is 0 Å². The number of nitrogens with zero attached hydrogens (tertiary/aromatic N) is 2. The van der Waals surface area contributed by atoms with Crippen LogP contribution in [0.25, 0.3) is 0 Å². The van der Waals surface area contributed by atoms with E-state index in [4.69, 9.17) is 0 Å². The number of halogens is 3. The summed E-state index contributed by atoms with van der Waals surface area (Å²) in [6.45, 7) is 0.353. The number of hydrogen-bond acceptors (Lipinski definition) is 3. The van der Waals surface area contributed by atoms with E-state index in [2.05, 4.69) is 0 Å². The van der Waals surface area contributed by atoms with Gasteiger partial charge in [0.15, 0.2) is 0 Å². The third kappa shape index (κ3) is 3.78. The maximum absolute atomic E-state index is 12.8. The molecular weight excluding hydrogens is 297 g/mol. The Hall–Kier alpha value is -1.60. The van der Waals surface area contributed by atoms with Crippen LogP contribution in [0, 0.1) is 0 Å². The van der Waals surface area contributed by atoms with Gasteiger partial charge in [-0.3, -0.25) is 9.69 Å². The van der Waals surface area contributed by atoms with Crippen molar-refractivity contribution in [3.05, 3.63) is 35.4 Å². The average molecular weight is 316 g/mol. The zero-order valence-corrected chi connectivity index (χ0v) is 12.5. The Morgan fingerprint density at radius 2 is 2.09 bits per heavy atom. The highest BCUT2D eigenvalue weighted by atomic mass is 19.4. The summed E-state index contributed by atoms with van der Waals surface area (Å²) in [6.07, 6.45) is -4.73. The van der Waals surface area contributed by atoms with Gasteiger partial charge >= 0.3 is 6.18 Å². The molecule has 1 saturated heterocycles. The van der Waals surface area contributed by atoms with Crippen LogP contribution in [0.4, 0.5) is 13.2 Å². The summed E-state index contributed by atoms with van der Waals surface area (Å²) >= 11 is 0. The molecule has 0 unspecified atom stereocenters. The first kappa shape index (κ1) is 16.8. The van der Waals surface area contributed by atoms with Crippen molar-refractivity contribution < 1.29 is 23.1 Å². The van der Waals surface area contributed by atoms with Crippen LogP contribution in [-0.2, 0) is 11.0 Å². The molecule has 2 rings (SSSR count). The van der Waals surface area contributed by atoms with Crippen molar-refractivity contribution in [1.82, 2.24) is 9.80 Å². The number of likely N-dealkylation sites (N-methyl/N-ethyl adjacent to an activating group) is 1. The van der Waals surface area contributed by atoms with Gasteiger partial charge in [-0.05, 0) is 24.1 Å². The van der Waals surface area contributed by atoms with Gasteiger partial charge in [0.05, 0.1) is 18.2 Å². The highest BCUT2D eigenvalue weighted by Gasteiger charge is 2.35. The normalized spacial score (nSPS) is 22.8. The Morgan fingerprint density at radius 1 is 1.41 bits per heavy atom. The molecule has 22 heavy (non-hydrogen) atoms. The summed E-state index contributed by atoms with van der Waals surface area (Å²) in [5.41, 5.74) is -0.247. The second-order valence-corrected chi connectivity index (χ2v) is 5.75. The van der Waals surface area contributed by atoms with E-state index in [9.17, 15) is 23.1 Å². The van der Waals surface area contributed by atoms with Crippen LogP contribution in [-0.4, -0.2) is 54.1 Å². The largest absolute Gasteiger partial charge is 0.416 e. The number of β-amino-alcohol motifs (C(OH)–C–C–N with tert-alkyl or cyclic N) is 1. The Morgan fingerprint density at radius 3 is 2.68 bits per heavy atom. The summed E-state index contributed by atoms with van der Waals surface area (Å²) < 4.78 is 38.5. The maximum atomic E-state index is 12.8. The third-order valence-electron chi connectivity index (χ3n) is 3.82. The molecule has 1 aromatic carbocycles. The van der Waals surface area contributed by atoms with Gasteiger partial charge in [0.2, 0.25) is 5.91 Å². The minimum atomic E-state index is -4.41. The lowest BCUT2D eigenvalue weighted by molar-refractivity contribution is -0.137. The second-order valence-electron chi connectivity index (χ2n) is 5.75. The van der Waals surface area contributed by atoms with Gasteiger partial charge in [0.25, 0.3) is 0 Å². The minimum Gasteiger partial charge on any atom is -0.392 e. The molecule has 4 nitrogen and oxygen atoms in total. The van der Waals surface area contributed by atoms with E-state index in [1.54, 1.807) is 25.1 Å². The molecule has 1 aliphatic heterocycles. The Bertz CT molecular complexity index is 546. The molecule has 1 heterocycles. The number of aliphatic hydroxyl groups is 1. The van der Waals surface area contributed by atoms with Gasteiger partial charge in [-0.2, -0.15) is 13.2 Å². The predicted octanol–water partition coefficient (Wildman–Crippen LogP) is 1.90. The number of benzene rings is 1. The molecule has 7 heteroatoms. The monoisotopic (exact) mass is 316 g/mol. The molecule has 1 fully saturated rings. The van der Waals surface area contributed by atoms with Crippen molar-refractivity contribution >= 4 is 5.91 Å². The Labute approximate surface area is 127 Å². The Balaban J connectivity index is 2.23. The van der Waals surface area contributed by atoms with E-state index < -0.39 is 17.8 Å². The summed E-state index contributed by atoms with van der Waals surface area (Å²) in [5.74, 6) is -0.147. The van der Waals surface area contributed by atoms with Gasteiger partial charge < -0.3 is 10.0 Å². The van der Waals surface area contributed by atoms with Crippen molar-refractivity contribution in [3.8, 4) is 0 Å². The number of rotatable bonds is 3. The minimum absolute atomic E-state index is 0.0744. The van der Waals surface area contributed by atoms with Crippen LogP contribution in [0.1, 0.15) is 23.6 Å². The molecule has 1 aliphatic rings. The van der Waals surface area contributed by atoms with Gasteiger partial charge in [-0.1, -0.05) is 12.1 Å². The fourth-order valence-corrected chi connectivity index (χ4v) is 2.64. The van der Waals surface area contributed by atoms with Crippen LogP contribution < -0.4 is 0 Å². The lowest BCUT2D eigenvalue weighted by atomic mass is 10.0. The molecule has 0 aromatic heterocycles. The highest BCUT2D eigenvalue weighted by Crippen LogP contribution is 2.35. The van der Waals surface area contributed by atoms with E-state index >= 15 is 0 Å². The van der Waals surface area contributed by atoms with E-state index in [0.717, 1.165) is 12.1 Å². The molecule has 0 aliphatic carbocycles. The summed E-state index contributed by atoms with van der Waals surface area (Å²) in [7, 11) is 3.24. The van der Waals surface area contributed by atoms with E-state index in [1.165, 1.54) is 11.0 Å². The SMILES string of the molecule is CN(C)C(=O)CN1C[C@@H](O)C[C@@H]1c1cccc(C(F)(F)F)c1. The number of alkyl halides is 3. The predicted molar refractivity (Wildman–Crippen MR) is 75.1 cm³/mol. The standard InChI is InChI=1S/C15H19F3N2O2/c1-19(2)14(22)9-20-8-12(21)7-13(20)10-4-3-5-11(6-10)15(16,17)18/h3-6,12-13,21H,7-9H2,1-2H3/t12-,13+/m0/s1. The molecular formula is C15H19F3N2O2. The molecule has 0 spiro atoms. The van der Waals surface area contributed by atoms with E-state index in [0.29, 0.717) is 12.0 Å². The van der Waals surface area contributed by atoms with Gasteiger partial charge in [-0.15, -0.1) is 0 Å². The lowest BCUT2D eigenvalue weighted by Crippen LogP contribution is -2.37. The lowest BCUT2D eigenvalue weighted by Gasteiger charge is -2.25. The zero-order valence-electron chi connectivity index (χ0n) is 12.5. The van der Waals surface area contributed by atoms with Crippen molar-refractivity contribution in [2.75, 3.05) is 27.2 Å². The molecule has 0 saturated carbocycles. The van der Waals surface area contributed by atoms with E-state index in [1.807, 2.05) is 0 Å². The first-order valence-electron chi connectivity index (χ1n) is 6.98. The Kier molecular flexibility index (Phi) is 4.77. The van der Waals surface area contributed by atoms with Crippen LogP contribution in [0.5, 0.6) is 0 Å². The first-order valence-corrected chi connectivity index (χ1v) is 6.98. The number of carbonyl (C=O) groups is 1. The topological polar surface area (TPSA) is 43.8 Å². The quantitative estimate of drug-likeness (QED) is 0.926. The van der Waals surface area contributed by atoms with Crippen LogP contribution in [0.15, 0.2) is 24.3 Å². The third-order valence-corrected chi connectivity index (χ3v) is 3.82.